The maximum Gasteiger partial charge on any atom is 0.631 e. The van der Waals surface area contributed by atoms with E-state index in [2.05, 4.69) is 0 Å². The number of benzene rings is 1. The zero-order chi connectivity index (χ0) is 15.7. The van der Waals surface area contributed by atoms with Crippen LogP contribution in [0, 0.1) is 0 Å². The molecule has 7 N–H and O–H groups in total. The van der Waals surface area contributed by atoms with Crippen molar-refractivity contribution in [1.29, 1.82) is 0 Å². The van der Waals surface area contributed by atoms with Crippen LogP contribution >= 0.6 is 0 Å². The highest BCUT2D eigenvalue weighted by Gasteiger charge is 2.31. The van der Waals surface area contributed by atoms with Gasteiger partial charge in [-0.3, -0.25) is 0 Å². The summed E-state index contributed by atoms with van der Waals surface area (Å²) in [6.07, 6.45) is 0. The molecule has 0 saturated carbocycles. The van der Waals surface area contributed by atoms with E-state index in [1.165, 1.54) is 0 Å². The molecule has 0 bridgehead atoms. The lowest BCUT2D eigenvalue weighted by Gasteiger charge is -2.31. The van der Waals surface area contributed by atoms with Crippen LogP contribution in [0.4, 0.5) is 5.69 Å². The molecule has 6 nitrogen and oxygen atoms in total. The van der Waals surface area contributed by atoms with E-state index in [1.54, 1.807) is 27.7 Å². The summed E-state index contributed by atoms with van der Waals surface area (Å²) in [5.41, 5.74) is 4.17. The van der Waals surface area contributed by atoms with Gasteiger partial charge in [0.15, 0.2) is 0 Å². The van der Waals surface area contributed by atoms with Gasteiger partial charge in [0, 0.05) is 5.69 Å². The lowest BCUT2D eigenvalue weighted by Crippen LogP contribution is -2.44. The van der Waals surface area contributed by atoms with Crippen molar-refractivity contribution in [3.63, 3.8) is 0 Å². The zero-order valence-corrected chi connectivity index (χ0v) is 11.8. The summed E-state index contributed by atoms with van der Waals surface area (Å²) in [7, 11) is -2.17. The number of nitrogens with two attached hydrogens (primary N) is 1. The number of hydrogen-bond donors (Lipinski definition) is 6. The van der Waals surface area contributed by atoms with Gasteiger partial charge < -0.3 is 31.0 Å². The van der Waals surface area contributed by atoms with Crippen LogP contribution in [0.25, 0.3) is 0 Å². The van der Waals surface area contributed by atoms with E-state index in [4.69, 9.17) is 31.0 Å². The molecule has 1 rings (SSSR count). The van der Waals surface area contributed by atoms with Crippen molar-refractivity contribution >= 4 is 13.0 Å². The maximum atomic E-state index is 9.10. The van der Waals surface area contributed by atoms with Crippen LogP contribution in [0.15, 0.2) is 30.3 Å². The molecule has 0 atom stereocenters. The fourth-order valence-corrected chi connectivity index (χ4v) is 0.453. The summed E-state index contributed by atoms with van der Waals surface area (Å²) in [5.74, 6) is 0. The molecule has 0 aliphatic carbocycles. The lowest BCUT2D eigenvalue weighted by molar-refractivity contribution is -0.107. The van der Waals surface area contributed by atoms with Crippen LogP contribution in [0.2, 0.25) is 0 Å². The van der Waals surface area contributed by atoms with Gasteiger partial charge in [-0.1, -0.05) is 18.2 Å². The zero-order valence-electron chi connectivity index (χ0n) is 11.8. The highest BCUT2D eigenvalue weighted by atomic mass is 16.5. The van der Waals surface area contributed by atoms with E-state index in [0.717, 1.165) is 5.69 Å². The summed E-state index contributed by atoms with van der Waals surface area (Å²) >= 11 is 0. The topological polar surface area (TPSA) is 127 Å². The Kier molecular flexibility index (Phi) is 9.46. The molecule has 0 aliphatic rings. The Bertz CT molecular complexity index is 304. The third-order valence-corrected chi connectivity index (χ3v) is 2.30. The van der Waals surface area contributed by atoms with E-state index in [1.807, 2.05) is 30.3 Å². The van der Waals surface area contributed by atoms with Gasteiger partial charge in [-0.15, -0.1) is 0 Å². The summed E-state index contributed by atoms with van der Waals surface area (Å²) in [6, 6.07) is 9.49. The summed E-state index contributed by atoms with van der Waals surface area (Å²) in [5, 5.41) is 39.7. The highest BCUT2D eigenvalue weighted by molar-refractivity contribution is 6.30. The predicted octanol–water partition coefficient (Wildman–Crippen LogP) is -0.255. The van der Waals surface area contributed by atoms with Gasteiger partial charge in [-0.25, -0.2) is 0 Å². The van der Waals surface area contributed by atoms with Crippen molar-refractivity contribution in [3.8, 4) is 0 Å². The molecular formula is C12H24BNO5. The van der Waals surface area contributed by atoms with Crippen LogP contribution in [-0.4, -0.2) is 43.8 Å². The van der Waals surface area contributed by atoms with E-state index in [9.17, 15) is 0 Å². The average Bonchev–Trinajstić information content (AvgIpc) is 2.15. The third-order valence-electron chi connectivity index (χ3n) is 2.30. The van der Waals surface area contributed by atoms with Crippen LogP contribution in [0.3, 0.4) is 0 Å². The smallest absolute Gasteiger partial charge is 0.402 e. The van der Waals surface area contributed by atoms with Crippen LogP contribution in [-0.2, 0) is 0 Å². The summed E-state index contributed by atoms with van der Waals surface area (Å²) in [6.45, 7) is 6.31. The highest BCUT2D eigenvalue weighted by Crippen LogP contribution is 2.19. The van der Waals surface area contributed by atoms with Gasteiger partial charge >= 0.3 is 7.32 Å². The molecular weight excluding hydrogens is 249 g/mol. The first kappa shape index (κ1) is 20.2. The van der Waals surface area contributed by atoms with E-state index >= 15 is 0 Å². The lowest BCUT2D eigenvalue weighted by atomic mass is 9.90. The Balaban J connectivity index is 0. The van der Waals surface area contributed by atoms with Gasteiger partial charge in [0.05, 0.1) is 11.2 Å². The normalized spacial score (nSPS) is 10.6. The molecule has 0 saturated heterocycles. The number of anilines is 1. The molecule has 19 heavy (non-hydrogen) atoms. The van der Waals surface area contributed by atoms with Crippen molar-refractivity contribution in [1.82, 2.24) is 0 Å². The minimum Gasteiger partial charge on any atom is -0.402 e. The van der Waals surface area contributed by atoms with Gasteiger partial charge in [0.1, 0.15) is 0 Å². The number of para-hydroxylation sites is 1. The number of rotatable bonds is 1. The fourth-order valence-electron chi connectivity index (χ4n) is 0.453. The standard InChI is InChI=1S/C6H7N.C6H14O2.BH3O3/c7-6-4-2-1-3-5-6;1-5(2,7)6(3,4)8;2-1(3)4/h1-5H,7H2;7-8H,1-4H3;2-4H. The largest absolute Gasteiger partial charge is 0.631 e. The van der Waals surface area contributed by atoms with Crippen molar-refractivity contribution < 1.29 is 25.3 Å². The number of hydrogen-bond acceptors (Lipinski definition) is 6. The number of aliphatic hydroxyl groups is 2. The monoisotopic (exact) mass is 273 g/mol. The van der Waals surface area contributed by atoms with Crippen molar-refractivity contribution in [2.24, 2.45) is 0 Å². The summed E-state index contributed by atoms with van der Waals surface area (Å²) in [4.78, 5) is 0. The summed E-state index contributed by atoms with van der Waals surface area (Å²) < 4.78 is 0. The Morgan fingerprint density at radius 1 is 0.842 bits per heavy atom. The number of nitrogen functional groups attached to an aromatic ring is 1. The molecule has 0 heterocycles. The molecule has 0 aliphatic heterocycles. The second kappa shape index (κ2) is 8.90. The third kappa shape index (κ3) is 14.8. The molecule has 0 radical (unpaired) electrons. The molecule has 0 amide bonds. The first-order chi connectivity index (χ1) is 8.38. The quantitative estimate of drug-likeness (QED) is 0.309. The molecule has 1 aromatic carbocycles. The van der Waals surface area contributed by atoms with E-state index in [-0.39, 0.29) is 0 Å². The second-order valence-corrected chi connectivity index (χ2v) is 4.88. The minimum atomic E-state index is -2.17. The van der Waals surface area contributed by atoms with Gasteiger partial charge in [-0.2, -0.15) is 0 Å². The van der Waals surface area contributed by atoms with Gasteiger partial charge in [0.25, 0.3) is 0 Å². The molecule has 7 heteroatoms. The van der Waals surface area contributed by atoms with Crippen LogP contribution in [0.1, 0.15) is 27.7 Å². The SMILES string of the molecule is CC(C)(O)C(C)(C)O.Nc1ccccc1.OB(O)O. The Morgan fingerprint density at radius 3 is 1.21 bits per heavy atom. The molecule has 0 unspecified atom stereocenters. The first-order valence-corrected chi connectivity index (χ1v) is 5.67. The Labute approximate surface area is 114 Å². The predicted molar refractivity (Wildman–Crippen MR) is 75.9 cm³/mol. The van der Waals surface area contributed by atoms with Crippen LogP contribution < -0.4 is 5.73 Å². The molecule has 0 fully saturated rings. The van der Waals surface area contributed by atoms with Crippen molar-refractivity contribution in [2.45, 2.75) is 38.9 Å². The molecule has 0 aromatic heterocycles. The Morgan fingerprint density at radius 2 is 1.11 bits per heavy atom. The average molecular weight is 273 g/mol. The van der Waals surface area contributed by atoms with E-state index < -0.39 is 18.5 Å². The first-order valence-electron chi connectivity index (χ1n) is 5.67. The molecule has 0 spiro atoms. The Hall–Kier alpha value is -1.12. The second-order valence-electron chi connectivity index (χ2n) is 4.88. The van der Waals surface area contributed by atoms with Gasteiger partial charge in [0.2, 0.25) is 0 Å². The molecule has 110 valence electrons. The van der Waals surface area contributed by atoms with Crippen molar-refractivity contribution in [3.05, 3.63) is 30.3 Å². The van der Waals surface area contributed by atoms with Crippen molar-refractivity contribution in [2.75, 3.05) is 5.73 Å². The maximum absolute atomic E-state index is 9.10. The van der Waals surface area contributed by atoms with Crippen LogP contribution in [0.5, 0.6) is 0 Å². The fraction of sp³-hybridized carbons (Fsp3) is 0.500. The van der Waals surface area contributed by atoms with E-state index in [0.29, 0.717) is 0 Å². The molecule has 1 aromatic rings. The minimum absolute atomic E-state index is 0.822. The van der Waals surface area contributed by atoms with Gasteiger partial charge in [-0.05, 0) is 39.8 Å².